The van der Waals surface area contributed by atoms with E-state index in [1.807, 2.05) is 0 Å². The average Bonchev–Trinajstić information content (AvgIpc) is 2.57. The minimum absolute atomic E-state index is 0.0737. The second kappa shape index (κ2) is 4.13. The molecule has 1 amide bonds. The molecule has 2 aliphatic rings. The standard InChI is InChI=1S/C11H14F3NO3/c12-11(13,14)10(9(17)18)5-2-6-15(10)8(16)7-3-1-4-7/h7H,1-6H2,(H,17,18). The van der Waals surface area contributed by atoms with Crippen LogP contribution in [-0.2, 0) is 9.59 Å². The molecule has 0 bridgehead atoms. The number of alkyl halides is 3. The molecule has 102 valence electrons. The van der Waals surface area contributed by atoms with E-state index >= 15 is 0 Å². The highest BCUT2D eigenvalue weighted by Gasteiger charge is 2.67. The van der Waals surface area contributed by atoms with Gasteiger partial charge in [0.05, 0.1) is 0 Å². The second-order valence-corrected chi connectivity index (χ2v) is 4.88. The summed E-state index contributed by atoms with van der Waals surface area (Å²) < 4.78 is 39.3. The van der Waals surface area contributed by atoms with Gasteiger partial charge in [0.25, 0.3) is 0 Å². The molecular weight excluding hydrogens is 251 g/mol. The van der Waals surface area contributed by atoms with Crippen molar-refractivity contribution in [1.29, 1.82) is 0 Å². The molecule has 1 N–H and O–H groups in total. The van der Waals surface area contributed by atoms with Crippen molar-refractivity contribution in [2.24, 2.45) is 5.92 Å². The number of amides is 1. The Morgan fingerprint density at radius 3 is 2.22 bits per heavy atom. The molecule has 7 heteroatoms. The number of nitrogens with zero attached hydrogens (tertiary/aromatic N) is 1. The number of carbonyl (C=O) groups is 2. The topological polar surface area (TPSA) is 57.6 Å². The predicted octanol–water partition coefficient (Wildman–Crippen LogP) is 1.79. The van der Waals surface area contributed by atoms with Gasteiger partial charge in [-0.05, 0) is 25.7 Å². The van der Waals surface area contributed by atoms with E-state index in [-0.39, 0.29) is 13.0 Å². The van der Waals surface area contributed by atoms with Crippen LogP contribution in [0.2, 0.25) is 0 Å². The van der Waals surface area contributed by atoms with Gasteiger partial charge in [-0.1, -0.05) is 6.42 Å². The Bertz CT molecular complexity index is 378. The van der Waals surface area contributed by atoms with Gasteiger partial charge < -0.3 is 10.0 Å². The van der Waals surface area contributed by atoms with Gasteiger partial charge in [-0.15, -0.1) is 0 Å². The molecule has 1 atom stereocenters. The fourth-order valence-electron chi connectivity index (χ4n) is 2.63. The molecule has 0 aromatic heterocycles. The molecular formula is C11H14F3NO3. The summed E-state index contributed by atoms with van der Waals surface area (Å²) in [6, 6.07) is 0. The molecule has 1 aliphatic carbocycles. The highest BCUT2D eigenvalue weighted by molar-refractivity contribution is 5.90. The molecule has 1 aliphatic heterocycles. The van der Waals surface area contributed by atoms with Crippen molar-refractivity contribution in [2.45, 2.75) is 43.8 Å². The van der Waals surface area contributed by atoms with Crippen LogP contribution in [0, 0.1) is 5.92 Å². The Kier molecular flexibility index (Phi) is 3.03. The molecule has 0 radical (unpaired) electrons. The normalized spacial score (nSPS) is 29.2. The maximum Gasteiger partial charge on any atom is 0.422 e. The van der Waals surface area contributed by atoms with Crippen molar-refractivity contribution in [3.8, 4) is 0 Å². The molecule has 0 spiro atoms. The Balaban J connectivity index is 2.33. The number of carbonyl (C=O) groups excluding carboxylic acids is 1. The quantitative estimate of drug-likeness (QED) is 0.828. The first-order valence-electron chi connectivity index (χ1n) is 5.92. The third kappa shape index (κ3) is 1.67. The summed E-state index contributed by atoms with van der Waals surface area (Å²) >= 11 is 0. The van der Waals surface area contributed by atoms with E-state index in [4.69, 9.17) is 5.11 Å². The first kappa shape index (κ1) is 13.2. The first-order chi connectivity index (χ1) is 8.30. The van der Waals surface area contributed by atoms with Crippen LogP contribution < -0.4 is 0 Å². The van der Waals surface area contributed by atoms with Crippen LogP contribution in [0.3, 0.4) is 0 Å². The smallest absolute Gasteiger partial charge is 0.422 e. The molecule has 4 nitrogen and oxygen atoms in total. The number of carboxylic acids is 1. The van der Waals surface area contributed by atoms with Crippen molar-refractivity contribution in [1.82, 2.24) is 4.90 Å². The van der Waals surface area contributed by atoms with Crippen LogP contribution >= 0.6 is 0 Å². The Labute approximate surface area is 102 Å². The SMILES string of the molecule is O=C(C1CCC1)N1CCCC1(C(=O)O)C(F)(F)F. The van der Waals surface area contributed by atoms with Crippen molar-refractivity contribution in [3.05, 3.63) is 0 Å². The number of likely N-dealkylation sites (tertiary alicyclic amines) is 1. The van der Waals surface area contributed by atoms with Crippen LogP contribution in [0.25, 0.3) is 0 Å². The number of hydrogen-bond acceptors (Lipinski definition) is 2. The summed E-state index contributed by atoms with van der Waals surface area (Å²) in [6.45, 7) is -0.124. The van der Waals surface area contributed by atoms with Crippen molar-refractivity contribution < 1.29 is 27.9 Å². The summed E-state index contributed by atoms with van der Waals surface area (Å²) in [6.07, 6.45) is -3.48. The Morgan fingerprint density at radius 1 is 1.22 bits per heavy atom. The summed E-state index contributed by atoms with van der Waals surface area (Å²) in [5, 5.41) is 8.98. The van der Waals surface area contributed by atoms with E-state index in [1.165, 1.54) is 0 Å². The van der Waals surface area contributed by atoms with Crippen LogP contribution in [-0.4, -0.2) is 40.1 Å². The van der Waals surface area contributed by atoms with Gasteiger partial charge in [0.1, 0.15) is 0 Å². The second-order valence-electron chi connectivity index (χ2n) is 4.88. The number of hydrogen-bond donors (Lipinski definition) is 1. The third-order valence-electron chi connectivity index (χ3n) is 3.92. The third-order valence-corrected chi connectivity index (χ3v) is 3.92. The molecule has 1 heterocycles. The molecule has 2 fully saturated rings. The lowest BCUT2D eigenvalue weighted by Crippen LogP contribution is -2.63. The van der Waals surface area contributed by atoms with E-state index in [0.717, 1.165) is 6.42 Å². The van der Waals surface area contributed by atoms with E-state index < -0.39 is 35.9 Å². The van der Waals surface area contributed by atoms with Gasteiger partial charge in [0, 0.05) is 12.5 Å². The lowest BCUT2D eigenvalue weighted by molar-refractivity contribution is -0.231. The van der Waals surface area contributed by atoms with E-state index in [2.05, 4.69) is 0 Å². The Morgan fingerprint density at radius 2 is 1.83 bits per heavy atom. The summed E-state index contributed by atoms with van der Waals surface area (Å²) in [4.78, 5) is 23.6. The zero-order valence-electron chi connectivity index (χ0n) is 9.66. The summed E-state index contributed by atoms with van der Waals surface area (Å²) in [5.74, 6) is -3.05. The molecule has 18 heavy (non-hydrogen) atoms. The lowest BCUT2D eigenvalue weighted by Gasteiger charge is -2.39. The van der Waals surface area contributed by atoms with E-state index in [1.54, 1.807) is 0 Å². The number of rotatable bonds is 2. The van der Waals surface area contributed by atoms with Crippen molar-refractivity contribution in [2.75, 3.05) is 6.54 Å². The van der Waals surface area contributed by atoms with Gasteiger partial charge in [-0.25, -0.2) is 4.79 Å². The monoisotopic (exact) mass is 265 g/mol. The van der Waals surface area contributed by atoms with Gasteiger partial charge in [-0.3, -0.25) is 4.79 Å². The maximum absolute atomic E-state index is 13.1. The van der Waals surface area contributed by atoms with Crippen LogP contribution in [0.15, 0.2) is 0 Å². The fourth-order valence-corrected chi connectivity index (χ4v) is 2.63. The largest absolute Gasteiger partial charge is 0.479 e. The number of halogens is 3. The van der Waals surface area contributed by atoms with E-state index in [0.29, 0.717) is 17.7 Å². The lowest BCUT2D eigenvalue weighted by atomic mass is 9.83. The van der Waals surface area contributed by atoms with Gasteiger partial charge >= 0.3 is 12.1 Å². The molecule has 1 unspecified atom stereocenters. The van der Waals surface area contributed by atoms with Gasteiger partial charge in [0.15, 0.2) is 0 Å². The van der Waals surface area contributed by atoms with Gasteiger partial charge in [0.2, 0.25) is 11.4 Å². The maximum atomic E-state index is 13.1. The predicted molar refractivity (Wildman–Crippen MR) is 54.7 cm³/mol. The molecule has 2 rings (SSSR count). The average molecular weight is 265 g/mol. The molecule has 0 aromatic carbocycles. The summed E-state index contributed by atoms with van der Waals surface area (Å²) in [5.41, 5.74) is -3.01. The zero-order chi connectivity index (χ0) is 13.6. The van der Waals surface area contributed by atoms with Crippen LogP contribution in [0.4, 0.5) is 13.2 Å². The van der Waals surface area contributed by atoms with Gasteiger partial charge in [-0.2, -0.15) is 13.2 Å². The minimum atomic E-state index is -4.94. The molecule has 1 saturated heterocycles. The van der Waals surface area contributed by atoms with Crippen molar-refractivity contribution >= 4 is 11.9 Å². The summed E-state index contributed by atoms with van der Waals surface area (Å²) in [7, 11) is 0. The number of carboxylic acid groups (broad SMARTS) is 1. The highest BCUT2D eigenvalue weighted by atomic mass is 19.4. The zero-order valence-corrected chi connectivity index (χ0v) is 9.66. The van der Waals surface area contributed by atoms with Crippen LogP contribution in [0.5, 0.6) is 0 Å². The van der Waals surface area contributed by atoms with Crippen molar-refractivity contribution in [3.63, 3.8) is 0 Å². The highest BCUT2D eigenvalue weighted by Crippen LogP contribution is 2.45. The van der Waals surface area contributed by atoms with E-state index in [9.17, 15) is 22.8 Å². The number of aliphatic carboxylic acids is 1. The minimum Gasteiger partial charge on any atom is -0.479 e. The Hall–Kier alpha value is -1.27. The fraction of sp³-hybridized carbons (Fsp3) is 0.818. The molecule has 1 saturated carbocycles. The first-order valence-corrected chi connectivity index (χ1v) is 5.92. The molecule has 0 aromatic rings. The van der Waals surface area contributed by atoms with Crippen LogP contribution in [0.1, 0.15) is 32.1 Å².